The number of rotatable bonds is 6. The Morgan fingerprint density at radius 2 is 2.00 bits per heavy atom. The van der Waals surface area contributed by atoms with Crippen LogP contribution in [0.1, 0.15) is 23.6 Å². The van der Waals surface area contributed by atoms with E-state index in [2.05, 4.69) is 33.1 Å². The van der Waals surface area contributed by atoms with Gasteiger partial charge in [-0.05, 0) is 30.0 Å². The highest BCUT2D eigenvalue weighted by Gasteiger charge is 2.34. The fourth-order valence-electron chi connectivity index (χ4n) is 4.78. The summed E-state index contributed by atoms with van der Waals surface area (Å²) in [5.41, 5.74) is 3.11. The average molecular weight is 390 g/mol. The molecular weight excluding hydrogens is 364 g/mol. The molecule has 1 fully saturated rings. The third-order valence-electron chi connectivity index (χ3n) is 6.10. The number of aromatic nitrogens is 3. The van der Waals surface area contributed by atoms with Crippen LogP contribution in [0.5, 0.6) is 0 Å². The number of nitrogens with one attached hydrogen (secondary N) is 1. The molecule has 2 bridgehead atoms. The summed E-state index contributed by atoms with van der Waals surface area (Å²) < 4.78 is 7.87. The van der Waals surface area contributed by atoms with Crippen molar-refractivity contribution < 1.29 is 4.74 Å². The predicted molar refractivity (Wildman–Crippen MR) is 112 cm³/mol. The van der Waals surface area contributed by atoms with Gasteiger partial charge in [-0.15, -0.1) is 0 Å². The van der Waals surface area contributed by atoms with Crippen LogP contribution in [0.4, 0.5) is 0 Å². The van der Waals surface area contributed by atoms with Crippen molar-refractivity contribution in [2.24, 2.45) is 5.92 Å². The summed E-state index contributed by atoms with van der Waals surface area (Å²) in [6.07, 6.45) is 4.61. The Kier molecular flexibility index (Phi) is 5.04. The molecule has 2 aliphatic heterocycles. The number of benzene rings is 1. The van der Waals surface area contributed by atoms with Crippen molar-refractivity contribution in [1.82, 2.24) is 19.4 Å². The van der Waals surface area contributed by atoms with Gasteiger partial charge in [0.2, 0.25) is 0 Å². The quantitative estimate of drug-likeness (QED) is 0.658. The minimum absolute atomic E-state index is 0.0757. The number of likely N-dealkylation sites (tertiary alicyclic amines) is 1. The second-order valence-electron chi connectivity index (χ2n) is 8.12. The van der Waals surface area contributed by atoms with Crippen LogP contribution in [0.3, 0.4) is 0 Å². The van der Waals surface area contributed by atoms with E-state index in [0.717, 1.165) is 38.5 Å². The molecule has 29 heavy (non-hydrogen) atoms. The van der Waals surface area contributed by atoms with Crippen LogP contribution >= 0.6 is 0 Å². The Bertz CT molecular complexity index is 1010. The number of H-pyrrole nitrogens is 1. The van der Waals surface area contributed by atoms with Gasteiger partial charge in [-0.25, -0.2) is 4.98 Å². The Labute approximate surface area is 170 Å². The predicted octanol–water partition coefficient (Wildman–Crippen LogP) is 2.87. The third kappa shape index (κ3) is 3.78. The van der Waals surface area contributed by atoms with Gasteiger partial charge < -0.3 is 19.2 Å². The molecule has 6 heteroatoms. The summed E-state index contributed by atoms with van der Waals surface area (Å²) in [4.78, 5) is 22.8. The number of fused-ring (bicyclic) bond motifs is 4. The van der Waals surface area contributed by atoms with Crippen LogP contribution in [0.15, 0.2) is 59.7 Å². The molecule has 5 rings (SSSR count). The Morgan fingerprint density at radius 1 is 1.10 bits per heavy atom. The van der Waals surface area contributed by atoms with Gasteiger partial charge in [0, 0.05) is 50.2 Å². The maximum absolute atomic E-state index is 13.0. The van der Waals surface area contributed by atoms with E-state index >= 15 is 0 Å². The number of pyridine rings is 1. The van der Waals surface area contributed by atoms with Crippen molar-refractivity contribution in [3.63, 3.8) is 0 Å². The van der Waals surface area contributed by atoms with Gasteiger partial charge in [0.25, 0.3) is 5.56 Å². The first-order valence-corrected chi connectivity index (χ1v) is 10.4. The molecule has 2 aliphatic rings. The zero-order valence-corrected chi connectivity index (χ0v) is 16.5. The lowest BCUT2D eigenvalue weighted by atomic mass is 9.83. The summed E-state index contributed by atoms with van der Waals surface area (Å²) in [5.74, 6) is 1.58. The van der Waals surface area contributed by atoms with Crippen LogP contribution < -0.4 is 5.56 Å². The molecule has 4 heterocycles. The van der Waals surface area contributed by atoms with E-state index < -0.39 is 0 Å². The number of imidazole rings is 1. The molecule has 0 radical (unpaired) electrons. The molecule has 0 aliphatic carbocycles. The molecule has 0 amide bonds. The van der Waals surface area contributed by atoms with Crippen LogP contribution in [0.2, 0.25) is 0 Å². The monoisotopic (exact) mass is 390 g/mol. The van der Waals surface area contributed by atoms with Crippen molar-refractivity contribution in [3.05, 3.63) is 76.5 Å². The fourth-order valence-corrected chi connectivity index (χ4v) is 4.78. The van der Waals surface area contributed by atoms with E-state index in [9.17, 15) is 4.79 Å². The van der Waals surface area contributed by atoms with Crippen molar-refractivity contribution in [2.75, 3.05) is 26.2 Å². The van der Waals surface area contributed by atoms with Gasteiger partial charge in [-0.3, -0.25) is 4.79 Å². The van der Waals surface area contributed by atoms with Gasteiger partial charge in [-0.1, -0.05) is 30.3 Å². The smallest absolute Gasteiger partial charge is 0.261 e. The highest BCUT2D eigenvalue weighted by Crippen LogP contribution is 2.35. The van der Waals surface area contributed by atoms with E-state index in [4.69, 9.17) is 4.74 Å². The lowest BCUT2D eigenvalue weighted by Crippen LogP contribution is -2.48. The van der Waals surface area contributed by atoms with E-state index in [0.29, 0.717) is 29.8 Å². The minimum Gasteiger partial charge on any atom is -0.375 e. The van der Waals surface area contributed by atoms with Crippen LogP contribution in [-0.2, 0) is 17.9 Å². The molecule has 2 aromatic heterocycles. The second kappa shape index (κ2) is 7.97. The number of nitrogens with zero attached hydrogens (tertiary/aromatic N) is 3. The van der Waals surface area contributed by atoms with E-state index in [1.165, 1.54) is 12.0 Å². The molecule has 0 spiro atoms. The standard InChI is InChI=1S/C23H26N4O2/c28-23-20(22-24-8-9-25-22)6-7-21-19-12-18(14-27(21)23)13-26(15-19)10-11-29-16-17-4-2-1-3-5-17/h1-9,18-19H,10-16H2,(H,24,25)/t18-,19+/m0/s1. The molecular formula is C23H26N4O2. The van der Waals surface area contributed by atoms with Crippen molar-refractivity contribution in [1.29, 1.82) is 0 Å². The Morgan fingerprint density at radius 3 is 2.83 bits per heavy atom. The Hall–Kier alpha value is -2.70. The highest BCUT2D eigenvalue weighted by atomic mass is 16.5. The van der Waals surface area contributed by atoms with Crippen LogP contribution in [-0.4, -0.2) is 45.7 Å². The van der Waals surface area contributed by atoms with Crippen molar-refractivity contribution in [2.45, 2.75) is 25.5 Å². The highest BCUT2D eigenvalue weighted by molar-refractivity contribution is 5.53. The molecule has 0 unspecified atom stereocenters. The lowest BCUT2D eigenvalue weighted by molar-refractivity contribution is 0.0606. The van der Waals surface area contributed by atoms with Gasteiger partial charge in [0.05, 0.1) is 18.8 Å². The summed E-state index contributed by atoms with van der Waals surface area (Å²) in [7, 11) is 0. The minimum atomic E-state index is 0.0757. The van der Waals surface area contributed by atoms with Gasteiger partial charge in [-0.2, -0.15) is 0 Å². The van der Waals surface area contributed by atoms with Gasteiger partial charge >= 0.3 is 0 Å². The molecule has 0 saturated carbocycles. The maximum atomic E-state index is 13.0. The van der Waals surface area contributed by atoms with E-state index in [1.807, 2.05) is 28.8 Å². The zero-order chi connectivity index (χ0) is 19.6. The molecule has 2 atom stereocenters. The summed E-state index contributed by atoms with van der Waals surface area (Å²) in [6.45, 7) is 5.15. The summed E-state index contributed by atoms with van der Waals surface area (Å²) in [6, 6.07) is 14.3. The van der Waals surface area contributed by atoms with Crippen molar-refractivity contribution >= 4 is 0 Å². The van der Waals surface area contributed by atoms with E-state index in [-0.39, 0.29) is 5.56 Å². The molecule has 1 aromatic carbocycles. The number of hydrogen-bond acceptors (Lipinski definition) is 4. The largest absolute Gasteiger partial charge is 0.375 e. The fraction of sp³-hybridized carbons (Fsp3) is 0.391. The van der Waals surface area contributed by atoms with Crippen molar-refractivity contribution in [3.8, 4) is 11.4 Å². The van der Waals surface area contributed by atoms with Gasteiger partial charge in [0.15, 0.2) is 0 Å². The third-order valence-corrected chi connectivity index (χ3v) is 6.10. The first-order chi connectivity index (χ1) is 14.3. The first-order valence-electron chi connectivity index (χ1n) is 10.4. The molecule has 1 saturated heterocycles. The molecule has 3 aromatic rings. The maximum Gasteiger partial charge on any atom is 0.261 e. The summed E-state index contributed by atoms with van der Waals surface area (Å²) in [5, 5.41) is 0. The number of aromatic amines is 1. The second-order valence-corrected chi connectivity index (χ2v) is 8.12. The van der Waals surface area contributed by atoms with Crippen LogP contribution in [0, 0.1) is 5.92 Å². The molecule has 1 N–H and O–H groups in total. The normalized spacial score (nSPS) is 21.1. The van der Waals surface area contributed by atoms with Crippen LogP contribution in [0.25, 0.3) is 11.4 Å². The molecule has 6 nitrogen and oxygen atoms in total. The summed E-state index contributed by atoms with van der Waals surface area (Å²) >= 11 is 0. The van der Waals surface area contributed by atoms with Gasteiger partial charge in [0.1, 0.15) is 5.82 Å². The lowest BCUT2D eigenvalue weighted by Gasteiger charge is -2.42. The first kappa shape index (κ1) is 18.3. The molecule has 150 valence electrons. The zero-order valence-electron chi connectivity index (χ0n) is 16.5. The SMILES string of the molecule is O=c1c(-c2ncc[nH]2)ccc2n1C[C@H]1C[C@@H]2CN(CCOCc2ccccc2)C1. The number of hydrogen-bond donors (Lipinski definition) is 1. The van der Waals surface area contributed by atoms with E-state index in [1.54, 1.807) is 12.4 Å². The Balaban J connectivity index is 1.24. The average Bonchev–Trinajstić information content (AvgIpc) is 3.27. The topological polar surface area (TPSA) is 63.2 Å². The number of piperidine rings is 1. The number of ether oxygens (including phenoxy) is 1.